The minimum absolute atomic E-state index is 0.361. The molecule has 0 aliphatic heterocycles. The highest BCUT2D eigenvalue weighted by molar-refractivity contribution is 7.62. The summed E-state index contributed by atoms with van der Waals surface area (Å²) in [7, 11) is 0. The van der Waals surface area contributed by atoms with Crippen LogP contribution in [0.3, 0.4) is 0 Å². The van der Waals surface area contributed by atoms with Gasteiger partial charge in [-0.15, -0.1) is 0 Å². The van der Waals surface area contributed by atoms with Crippen molar-refractivity contribution in [2.45, 2.75) is 142 Å². The van der Waals surface area contributed by atoms with Crippen LogP contribution >= 0.6 is 33.2 Å². The first kappa shape index (κ1) is 29.6. The van der Waals surface area contributed by atoms with Gasteiger partial charge < -0.3 is 4.43 Å². The van der Waals surface area contributed by atoms with E-state index >= 15 is 0 Å². The maximum Gasteiger partial charge on any atom is 0.557 e. The van der Waals surface area contributed by atoms with Crippen molar-refractivity contribution in [3.05, 3.63) is 0 Å². The van der Waals surface area contributed by atoms with E-state index in [0.29, 0.717) is 6.42 Å². The summed E-state index contributed by atoms with van der Waals surface area (Å²) >= 11 is 16.6. The average molecular weight is 488 g/mol. The van der Waals surface area contributed by atoms with E-state index in [4.69, 9.17) is 37.7 Å². The van der Waals surface area contributed by atoms with Crippen molar-refractivity contribution < 1.29 is 9.22 Å². The predicted octanol–water partition coefficient (Wildman–Crippen LogP) is 9.89. The lowest BCUT2D eigenvalue weighted by atomic mass is 10.0. The van der Waals surface area contributed by atoms with Crippen LogP contribution in [0.4, 0.5) is 0 Å². The highest BCUT2D eigenvalue weighted by Crippen LogP contribution is 2.22. The smallest absolute Gasteiger partial charge is 0.481 e. The molecule has 0 aromatic rings. The lowest BCUT2D eigenvalue weighted by Gasteiger charge is -2.09. The van der Waals surface area contributed by atoms with Crippen molar-refractivity contribution in [3.63, 3.8) is 0 Å². The van der Waals surface area contributed by atoms with E-state index in [2.05, 4.69) is 6.92 Å². The Hall–Kier alpha value is 0.557. The molecular weight excluding hydrogens is 443 g/mol. The zero-order valence-electron chi connectivity index (χ0n) is 18.8. The van der Waals surface area contributed by atoms with Crippen molar-refractivity contribution >= 4 is 45.5 Å². The van der Waals surface area contributed by atoms with Crippen molar-refractivity contribution in [2.75, 3.05) is 0 Å². The summed E-state index contributed by atoms with van der Waals surface area (Å²) in [5.41, 5.74) is 0. The third kappa shape index (κ3) is 26.5. The largest absolute Gasteiger partial charge is 0.557 e. The number of unbranched alkanes of at least 4 members (excludes halogenated alkanes) is 19. The van der Waals surface area contributed by atoms with Gasteiger partial charge in [0.1, 0.15) is 0 Å². The Balaban J connectivity index is 3.11. The van der Waals surface area contributed by atoms with Gasteiger partial charge in [0, 0.05) is 6.42 Å². The van der Waals surface area contributed by atoms with Gasteiger partial charge in [0.05, 0.1) is 0 Å². The van der Waals surface area contributed by atoms with Gasteiger partial charge in [-0.3, -0.25) is 4.79 Å². The number of hydrogen-bond donors (Lipinski definition) is 0. The Bertz CT molecular complexity index is 363. The molecule has 0 spiro atoms. The molecule has 0 heterocycles. The summed E-state index contributed by atoms with van der Waals surface area (Å²) in [6.45, 7) is 2.28. The second-order valence-corrected chi connectivity index (χ2v) is 16.0. The van der Waals surface area contributed by atoms with Gasteiger partial charge in [0.2, 0.25) is 0 Å². The zero-order valence-corrected chi connectivity index (χ0v) is 22.1. The molecule has 0 aliphatic carbocycles. The highest BCUT2D eigenvalue weighted by Gasteiger charge is 2.32. The molecule has 0 radical (unpaired) electrons. The molecule has 0 aliphatic rings. The van der Waals surface area contributed by atoms with E-state index in [-0.39, 0.29) is 5.97 Å². The van der Waals surface area contributed by atoms with Gasteiger partial charge in [-0.2, -0.15) is 0 Å². The van der Waals surface area contributed by atoms with Gasteiger partial charge in [-0.1, -0.05) is 162 Å². The molecule has 0 amide bonds. The quantitative estimate of drug-likeness (QED) is 0.0862. The molecule has 0 atom stereocenters. The summed E-state index contributed by atoms with van der Waals surface area (Å²) in [5.74, 6) is -0.376. The first-order valence-corrected chi connectivity index (χ1v) is 17.2. The average Bonchev–Trinajstić information content (AvgIpc) is 2.65. The molecule has 174 valence electrons. The Labute approximate surface area is 196 Å². The molecule has 0 aromatic carbocycles. The summed E-state index contributed by atoms with van der Waals surface area (Å²) in [4.78, 5) is 11.4. The zero-order chi connectivity index (χ0) is 21.6. The first-order chi connectivity index (χ1) is 14.0. The van der Waals surface area contributed by atoms with E-state index in [1.807, 2.05) is 0 Å². The fourth-order valence-electron chi connectivity index (χ4n) is 3.70. The second kappa shape index (κ2) is 21.8. The van der Waals surface area contributed by atoms with Crippen LogP contribution in [0.2, 0.25) is 0 Å². The maximum atomic E-state index is 11.4. The number of carbonyl (C=O) groups excluding carboxylic acids is 1. The van der Waals surface area contributed by atoms with Crippen LogP contribution in [0.5, 0.6) is 0 Å². The van der Waals surface area contributed by atoms with Crippen LogP contribution in [-0.4, -0.2) is 12.2 Å². The van der Waals surface area contributed by atoms with Crippen molar-refractivity contribution in [2.24, 2.45) is 0 Å². The normalized spacial score (nSPS) is 11.7. The molecule has 0 aromatic heterocycles. The van der Waals surface area contributed by atoms with Crippen molar-refractivity contribution in [1.29, 1.82) is 0 Å². The predicted molar refractivity (Wildman–Crippen MR) is 132 cm³/mol. The van der Waals surface area contributed by atoms with E-state index in [0.717, 1.165) is 12.8 Å². The van der Waals surface area contributed by atoms with Crippen molar-refractivity contribution in [3.8, 4) is 0 Å². The van der Waals surface area contributed by atoms with Crippen LogP contribution in [0.25, 0.3) is 0 Å². The standard InChI is InChI=1S/C23H45Cl3O2Si/c1-2-3-4-5-6-7-8-9-10-11-12-13-14-15-16-17-18-19-20-21-22-23(27)28-29(24,25)26/h2-22H2,1H3. The lowest BCUT2D eigenvalue weighted by Crippen LogP contribution is -2.21. The maximum absolute atomic E-state index is 11.4. The van der Waals surface area contributed by atoms with Gasteiger partial charge in [-0.05, 0) is 6.42 Å². The number of halogens is 3. The monoisotopic (exact) mass is 486 g/mol. The Morgan fingerprint density at radius 2 is 0.828 bits per heavy atom. The number of carbonyl (C=O) groups is 1. The Morgan fingerprint density at radius 3 is 1.10 bits per heavy atom. The summed E-state index contributed by atoms with van der Waals surface area (Å²) in [6, 6.07) is 0. The molecule has 0 saturated heterocycles. The fraction of sp³-hybridized carbons (Fsp3) is 0.957. The van der Waals surface area contributed by atoms with Gasteiger partial charge in [0.25, 0.3) is 5.97 Å². The van der Waals surface area contributed by atoms with Crippen LogP contribution in [0, 0.1) is 0 Å². The second-order valence-electron chi connectivity index (χ2n) is 8.39. The summed E-state index contributed by atoms with van der Waals surface area (Å²) < 4.78 is 4.77. The third-order valence-corrected chi connectivity index (χ3v) is 6.62. The SMILES string of the molecule is CCCCCCCCCCCCCCCCCCCCCCC(=O)O[Si](Cl)(Cl)Cl. The van der Waals surface area contributed by atoms with Crippen LogP contribution in [0.15, 0.2) is 0 Å². The molecule has 0 saturated carbocycles. The molecule has 0 N–H and O–H groups in total. The highest BCUT2D eigenvalue weighted by atomic mass is 35.8. The molecule has 0 bridgehead atoms. The van der Waals surface area contributed by atoms with E-state index in [1.165, 1.54) is 116 Å². The minimum atomic E-state index is -3.27. The minimum Gasteiger partial charge on any atom is -0.481 e. The van der Waals surface area contributed by atoms with Crippen LogP contribution in [0.1, 0.15) is 142 Å². The fourth-order valence-corrected chi connectivity index (χ4v) is 4.84. The first-order valence-electron chi connectivity index (χ1n) is 12.2. The van der Waals surface area contributed by atoms with Gasteiger partial charge in [0.15, 0.2) is 0 Å². The lowest BCUT2D eigenvalue weighted by molar-refractivity contribution is -0.134. The van der Waals surface area contributed by atoms with Crippen LogP contribution < -0.4 is 0 Å². The topological polar surface area (TPSA) is 26.3 Å². The van der Waals surface area contributed by atoms with Crippen molar-refractivity contribution in [1.82, 2.24) is 0 Å². The third-order valence-electron chi connectivity index (χ3n) is 5.46. The summed E-state index contributed by atoms with van der Waals surface area (Å²) in [5, 5.41) is 0. The molecular formula is C23H45Cl3O2Si. The molecule has 2 nitrogen and oxygen atoms in total. The Morgan fingerprint density at radius 1 is 0.552 bits per heavy atom. The molecule has 0 rings (SSSR count). The van der Waals surface area contributed by atoms with E-state index in [9.17, 15) is 4.79 Å². The Kier molecular flexibility index (Phi) is 22.2. The van der Waals surface area contributed by atoms with Gasteiger partial charge in [-0.25, -0.2) is 0 Å². The molecule has 0 fully saturated rings. The van der Waals surface area contributed by atoms with Gasteiger partial charge >= 0.3 is 6.25 Å². The number of hydrogen-bond acceptors (Lipinski definition) is 2. The van der Waals surface area contributed by atoms with E-state index in [1.54, 1.807) is 0 Å². The molecule has 0 unspecified atom stereocenters. The number of rotatable bonds is 22. The molecule has 29 heavy (non-hydrogen) atoms. The molecule has 6 heteroatoms. The summed E-state index contributed by atoms with van der Waals surface area (Å²) in [6.07, 6.45) is 24.0. The van der Waals surface area contributed by atoms with Crippen LogP contribution in [-0.2, 0) is 9.22 Å². The van der Waals surface area contributed by atoms with E-state index < -0.39 is 6.25 Å².